The number of pyridine rings is 1. The van der Waals surface area contributed by atoms with Gasteiger partial charge in [0.1, 0.15) is 17.4 Å². The minimum atomic E-state index is -1.01. The molecule has 0 saturated heterocycles. The van der Waals surface area contributed by atoms with Crippen LogP contribution in [0.1, 0.15) is 32.4 Å². The van der Waals surface area contributed by atoms with Crippen LogP contribution in [0.3, 0.4) is 0 Å². The zero-order valence-electron chi connectivity index (χ0n) is 18.6. The van der Waals surface area contributed by atoms with Gasteiger partial charge in [0.05, 0.1) is 7.11 Å². The summed E-state index contributed by atoms with van der Waals surface area (Å²) >= 11 is 0. The molecule has 1 unspecified atom stereocenters. The fraction of sp³-hybridized carbons (Fsp3) is 0.240. The number of amides is 2. The highest BCUT2D eigenvalue weighted by atomic mass is 16.6. The third kappa shape index (κ3) is 6.07. The van der Waals surface area contributed by atoms with Gasteiger partial charge in [-0.05, 0) is 62.2 Å². The van der Waals surface area contributed by atoms with Crippen molar-refractivity contribution in [3.05, 3.63) is 78.6 Å². The molecule has 7 heteroatoms. The average molecular weight is 434 g/mol. The van der Waals surface area contributed by atoms with Crippen LogP contribution in [-0.4, -0.2) is 29.7 Å². The van der Waals surface area contributed by atoms with Crippen LogP contribution >= 0.6 is 0 Å². The third-order valence-electron chi connectivity index (χ3n) is 4.54. The van der Waals surface area contributed by atoms with E-state index in [4.69, 9.17) is 9.47 Å². The Morgan fingerprint density at radius 3 is 2.16 bits per heavy atom. The first kappa shape index (κ1) is 22.8. The number of ether oxygens (including phenoxy) is 2. The Hall–Kier alpha value is -3.87. The van der Waals surface area contributed by atoms with Crippen molar-refractivity contribution in [2.45, 2.75) is 32.4 Å². The number of methoxy groups -OCH3 is 1. The highest BCUT2D eigenvalue weighted by Crippen LogP contribution is 2.27. The van der Waals surface area contributed by atoms with E-state index in [9.17, 15) is 9.59 Å². The van der Waals surface area contributed by atoms with E-state index in [0.717, 1.165) is 11.1 Å². The summed E-state index contributed by atoms with van der Waals surface area (Å²) in [6.45, 7) is 5.28. The molecule has 0 radical (unpaired) electrons. The lowest BCUT2D eigenvalue weighted by molar-refractivity contribution is -0.118. The predicted octanol–water partition coefficient (Wildman–Crippen LogP) is 4.96. The van der Waals surface area contributed by atoms with Gasteiger partial charge >= 0.3 is 6.09 Å². The van der Waals surface area contributed by atoms with E-state index < -0.39 is 23.6 Å². The van der Waals surface area contributed by atoms with Crippen LogP contribution in [0.5, 0.6) is 5.75 Å². The van der Waals surface area contributed by atoms with Crippen LogP contribution < -0.4 is 15.4 Å². The van der Waals surface area contributed by atoms with E-state index in [2.05, 4.69) is 15.6 Å². The van der Waals surface area contributed by atoms with Gasteiger partial charge in [-0.15, -0.1) is 0 Å². The number of hydrogen-bond donors (Lipinski definition) is 2. The number of carbonyl (C=O) groups excluding carboxylic acids is 2. The van der Waals surface area contributed by atoms with E-state index in [1.807, 2.05) is 24.3 Å². The number of hydrogen-bond acceptors (Lipinski definition) is 5. The maximum absolute atomic E-state index is 13.2. The van der Waals surface area contributed by atoms with Crippen LogP contribution in [-0.2, 0) is 9.53 Å². The number of nitrogens with zero attached hydrogens (tertiary/aromatic N) is 1. The summed E-state index contributed by atoms with van der Waals surface area (Å²) in [7, 11) is 1.51. The van der Waals surface area contributed by atoms with Crippen molar-refractivity contribution in [3.8, 4) is 16.9 Å². The van der Waals surface area contributed by atoms with Gasteiger partial charge in [0, 0.05) is 23.6 Å². The standard InChI is InChI=1S/C25H27N3O4/c1-25(2,3)32-24(30)28-22(20-7-5-6-8-21(20)31-4)23(29)27-19-11-9-17(10-12-19)18-13-15-26-16-14-18/h5-16,22H,1-4H3,(H,27,29)(H,28,30). The first-order valence-corrected chi connectivity index (χ1v) is 10.2. The van der Waals surface area contributed by atoms with Crippen LogP contribution in [0, 0.1) is 0 Å². The summed E-state index contributed by atoms with van der Waals surface area (Å²) in [5.41, 5.74) is 2.44. The van der Waals surface area contributed by atoms with Gasteiger partial charge in [-0.3, -0.25) is 9.78 Å². The predicted molar refractivity (Wildman–Crippen MR) is 123 cm³/mol. The molecule has 0 aliphatic carbocycles. The number of carbonyl (C=O) groups is 2. The summed E-state index contributed by atoms with van der Waals surface area (Å²) in [6, 6.07) is 17.3. The normalized spacial score (nSPS) is 11.9. The van der Waals surface area contributed by atoms with Gasteiger partial charge in [-0.2, -0.15) is 0 Å². The molecule has 0 saturated carbocycles. The van der Waals surface area contributed by atoms with Gasteiger partial charge in [0.2, 0.25) is 0 Å². The second-order valence-electron chi connectivity index (χ2n) is 8.12. The third-order valence-corrected chi connectivity index (χ3v) is 4.54. The van der Waals surface area contributed by atoms with Crippen LogP contribution in [0.4, 0.5) is 10.5 Å². The minimum absolute atomic E-state index is 0.419. The maximum Gasteiger partial charge on any atom is 0.408 e. The Morgan fingerprint density at radius 2 is 1.53 bits per heavy atom. The second kappa shape index (κ2) is 9.96. The molecule has 0 bridgehead atoms. The van der Waals surface area contributed by atoms with Crippen molar-refractivity contribution in [2.24, 2.45) is 0 Å². The zero-order valence-corrected chi connectivity index (χ0v) is 18.6. The van der Waals surface area contributed by atoms with Crippen molar-refractivity contribution in [3.63, 3.8) is 0 Å². The number of para-hydroxylation sites is 1. The van der Waals surface area contributed by atoms with Crippen LogP contribution in [0.2, 0.25) is 0 Å². The first-order valence-electron chi connectivity index (χ1n) is 10.2. The Bertz CT molecular complexity index is 1060. The molecular weight excluding hydrogens is 406 g/mol. The molecular formula is C25H27N3O4. The minimum Gasteiger partial charge on any atom is -0.496 e. The van der Waals surface area contributed by atoms with E-state index in [-0.39, 0.29) is 0 Å². The first-order chi connectivity index (χ1) is 15.3. The highest BCUT2D eigenvalue weighted by Gasteiger charge is 2.28. The van der Waals surface area contributed by atoms with Gasteiger partial charge in [0.15, 0.2) is 0 Å². The number of benzene rings is 2. The molecule has 2 N–H and O–H groups in total. The summed E-state index contributed by atoms with van der Waals surface area (Å²) in [5, 5.41) is 5.52. The summed E-state index contributed by atoms with van der Waals surface area (Å²) in [5.74, 6) is 0.0637. The zero-order chi connectivity index (χ0) is 23.1. The lowest BCUT2D eigenvalue weighted by Crippen LogP contribution is -2.40. The SMILES string of the molecule is COc1ccccc1C(NC(=O)OC(C)(C)C)C(=O)Nc1ccc(-c2ccncc2)cc1. The molecule has 3 aromatic rings. The van der Waals surface area contributed by atoms with E-state index in [0.29, 0.717) is 17.0 Å². The summed E-state index contributed by atoms with van der Waals surface area (Å²) in [4.78, 5) is 29.7. The van der Waals surface area contributed by atoms with Crippen molar-refractivity contribution in [1.29, 1.82) is 0 Å². The van der Waals surface area contributed by atoms with Crippen LogP contribution in [0.15, 0.2) is 73.1 Å². The fourth-order valence-corrected chi connectivity index (χ4v) is 3.12. The fourth-order valence-electron chi connectivity index (χ4n) is 3.12. The Labute approximate surface area is 187 Å². The van der Waals surface area contributed by atoms with Gasteiger partial charge in [-0.25, -0.2) is 4.79 Å². The van der Waals surface area contributed by atoms with Gasteiger partial charge in [-0.1, -0.05) is 30.3 Å². The smallest absolute Gasteiger partial charge is 0.408 e. The molecule has 3 rings (SSSR count). The monoisotopic (exact) mass is 433 g/mol. The molecule has 7 nitrogen and oxygen atoms in total. The lowest BCUT2D eigenvalue weighted by atomic mass is 10.0. The largest absolute Gasteiger partial charge is 0.496 e. The highest BCUT2D eigenvalue weighted by molar-refractivity contribution is 5.97. The Kier molecular flexibility index (Phi) is 7.10. The lowest BCUT2D eigenvalue weighted by Gasteiger charge is -2.24. The molecule has 0 fully saturated rings. The maximum atomic E-state index is 13.2. The van der Waals surface area contributed by atoms with Crippen molar-refractivity contribution >= 4 is 17.7 Å². The number of alkyl carbamates (subject to hydrolysis) is 1. The number of aromatic nitrogens is 1. The molecule has 2 amide bonds. The van der Waals surface area contributed by atoms with Crippen molar-refractivity contribution in [2.75, 3.05) is 12.4 Å². The number of nitrogens with one attached hydrogen (secondary N) is 2. The van der Waals surface area contributed by atoms with Crippen LogP contribution in [0.25, 0.3) is 11.1 Å². The summed E-state index contributed by atoms with van der Waals surface area (Å²) < 4.78 is 10.7. The molecule has 0 aliphatic heterocycles. The molecule has 166 valence electrons. The topological polar surface area (TPSA) is 89.5 Å². The molecule has 1 aromatic heterocycles. The molecule has 32 heavy (non-hydrogen) atoms. The van der Waals surface area contributed by atoms with E-state index in [1.165, 1.54) is 7.11 Å². The average Bonchev–Trinajstić information content (AvgIpc) is 2.77. The van der Waals surface area contributed by atoms with E-state index >= 15 is 0 Å². The van der Waals surface area contributed by atoms with E-state index in [1.54, 1.807) is 69.6 Å². The van der Waals surface area contributed by atoms with Crippen molar-refractivity contribution < 1.29 is 19.1 Å². The number of rotatable bonds is 6. The molecule has 2 aromatic carbocycles. The Morgan fingerprint density at radius 1 is 0.906 bits per heavy atom. The molecule has 1 atom stereocenters. The van der Waals surface area contributed by atoms with Gasteiger partial charge < -0.3 is 20.1 Å². The van der Waals surface area contributed by atoms with Crippen molar-refractivity contribution in [1.82, 2.24) is 10.3 Å². The number of anilines is 1. The molecule has 1 heterocycles. The van der Waals surface area contributed by atoms with Gasteiger partial charge in [0.25, 0.3) is 5.91 Å². The quantitative estimate of drug-likeness (QED) is 0.573. The Balaban J connectivity index is 1.82. The summed E-state index contributed by atoms with van der Waals surface area (Å²) in [6.07, 6.45) is 2.76. The second-order valence-corrected chi connectivity index (χ2v) is 8.12. The molecule has 0 spiro atoms. The molecule has 0 aliphatic rings.